The van der Waals surface area contributed by atoms with Gasteiger partial charge in [0.1, 0.15) is 0 Å². The van der Waals surface area contributed by atoms with Crippen molar-refractivity contribution in [3.05, 3.63) is 47.5 Å². The summed E-state index contributed by atoms with van der Waals surface area (Å²) in [5.41, 5.74) is 3.65. The Hall–Kier alpha value is -2.73. The van der Waals surface area contributed by atoms with E-state index in [1.54, 1.807) is 14.2 Å². The number of hydrogen-bond acceptors (Lipinski definition) is 6. The second kappa shape index (κ2) is 7.02. The van der Waals surface area contributed by atoms with E-state index in [-0.39, 0.29) is 0 Å². The van der Waals surface area contributed by atoms with Crippen LogP contribution in [0.4, 0.5) is 5.82 Å². The van der Waals surface area contributed by atoms with Gasteiger partial charge in [-0.1, -0.05) is 17.3 Å². The van der Waals surface area contributed by atoms with E-state index in [9.17, 15) is 0 Å². The van der Waals surface area contributed by atoms with E-state index in [0.717, 1.165) is 67.4 Å². The Bertz CT molecular complexity index is 992. The summed E-state index contributed by atoms with van der Waals surface area (Å²) in [6, 6.07) is 12.4. The van der Waals surface area contributed by atoms with E-state index in [4.69, 9.17) is 14.0 Å². The highest BCUT2D eigenvalue weighted by Crippen LogP contribution is 2.42. The monoisotopic (exact) mass is 379 g/mol. The van der Waals surface area contributed by atoms with Crippen LogP contribution < -0.4 is 14.4 Å². The summed E-state index contributed by atoms with van der Waals surface area (Å²) in [5, 5.41) is 5.41. The molecule has 0 bridgehead atoms. The lowest BCUT2D eigenvalue weighted by molar-refractivity contribution is 0.233. The van der Waals surface area contributed by atoms with Crippen LogP contribution in [0, 0.1) is 0 Å². The van der Waals surface area contributed by atoms with Crippen LogP contribution in [0.15, 0.2) is 40.9 Å². The molecule has 1 fully saturated rings. The smallest absolute Gasteiger partial charge is 0.180 e. The minimum atomic E-state index is 0.578. The molecule has 28 heavy (non-hydrogen) atoms. The predicted octanol–water partition coefficient (Wildman–Crippen LogP) is 3.31. The van der Waals surface area contributed by atoms with E-state index in [1.807, 2.05) is 18.2 Å². The first-order chi connectivity index (χ1) is 13.8. The van der Waals surface area contributed by atoms with Gasteiger partial charge in [-0.2, -0.15) is 0 Å². The van der Waals surface area contributed by atoms with Crippen molar-refractivity contribution in [3.8, 4) is 11.5 Å². The predicted molar refractivity (Wildman–Crippen MR) is 109 cm³/mol. The van der Waals surface area contributed by atoms with Crippen LogP contribution in [0.25, 0.3) is 11.0 Å². The van der Waals surface area contributed by atoms with Crippen LogP contribution in [0.1, 0.15) is 17.0 Å². The quantitative estimate of drug-likeness (QED) is 0.678. The van der Waals surface area contributed by atoms with Gasteiger partial charge in [0.15, 0.2) is 22.9 Å². The zero-order valence-corrected chi connectivity index (χ0v) is 16.4. The molecule has 1 atom stereocenters. The van der Waals surface area contributed by atoms with E-state index in [1.165, 1.54) is 11.1 Å². The van der Waals surface area contributed by atoms with Gasteiger partial charge in [0.05, 0.1) is 19.6 Å². The fraction of sp³-hybridized carbons (Fsp3) is 0.409. The van der Waals surface area contributed by atoms with Gasteiger partial charge in [-0.25, -0.2) is 0 Å². The molecule has 0 amide bonds. The zero-order valence-electron chi connectivity index (χ0n) is 16.4. The van der Waals surface area contributed by atoms with Gasteiger partial charge >= 0.3 is 0 Å². The number of para-hydroxylation sites is 1. The number of piperazine rings is 1. The molecular weight excluding hydrogens is 354 g/mol. The zero-order chi connectivity index (χ0) is 19.1. The molecular formula is C22H25N3O3. The Balaban J connectivity index is 1.23. The van der Waals surface area contributed by atoms with Crippen molar-refractivity contribution in [2.75, 3.05) is 51.8 Å². The number of ether oxygens (including phenoxy) is 2. The summed E-state index contributed by atoms with van der Waals surface area (Å²) in [5.74, 6) is 3.21. The molecule has 2 aromatic carbocycles. The van der Waals surface area contributed by atoms with Crippen molar-refractivity contribution >= 4 is 16.8 Å². The molecule has 1 aliphatic carbocycles. The van der Waals surface area contributed by atoms with Crippen LogP contribution in [0.2, 0.25) is 0 Å². The third kappa shape index (κ3) is 2.88. The molecule has 0 saturated carbocycles. The van der Waals surface area contributed by atoms with Crippen molar-refractivity contribution in [2.24, 2.45) is 0 Å². The summed E-state index contributed by atoms with van der Waals surface area (Å²) in [6.07, 6.45) is 1.11. The van der Waals surface area contributed by atoms with E-state index < -0.39 is 0 Å². The molecule has 2 heterocycles. The molecule has 5 rings (SSSR count). The van der Waals surface area contributed by atoms with Gasteiger partial charge in [-0.3, -0.25) is 4.90 Å². The van der Waals surface area contributed by atoms with Gasteiger partial charge in [-0.15, -0.1) is 0 Å². The lowest BCUT2D eigenvalue weighted by atomic mass is 9.77. The summed E-state index contributed by atoms with van der Waals surface area (Å²) in [6.45, 7) is 5.13. The van der Waals surface area contributed by atoms with Gasteiger partial charge in [-0.05, 0) is 41.8 Å². The molecule has 0 unspecified atom stereocenters. The van der Waals surface area contributed by atoms with Gasteiger partial charge in [0.25, 0.3) is 0 Å². The molecule has 0 radical (unpaired) electrons. The number of benzene rings is 2. The normalized spacial score (nSPS) is 19.4. The second-order valence-electron chi connectivity index (χ2n) is 7.60. The maximum Gasteiger partial charge on any atom is 0.180 e. The number of nitrogens with zero attached hydrogens (tertiary/aromatic N) is 3. The summed E-state index contributed by atoms with van der Waals surface area (Å²) in [7, 11) is 3.39. The topological polar surface area (TPSA) is 51.0 Å². The summed E-state index contributed by atoms with van der Waals surface area (Å²) < 4.78 is 16.4. The molecule has 2 aliphatic rings. The maximum atomic E-state index is 5.47. The highest BCUT2D eigenvalue weighted by Gasteiger charge is 2.31. The Kier molecular flexibility index (Phi) is 4.36. The molecule has 1 aromatic heterocycles. The van der Waals surface area contributed by atoms with E-state index in [0.29, 0.717) is 5.92 Å². The number of hydrogen-bond donors (Lipinski definition) is 0. The van der Waals surface area contributed by atoms with Crippen LogP contribution >= 0.6 is 0 Å². The Morgan fingerprint density at radius 3 is 2.57 bits per heavy atom. The van der Waals surface area contributed by atoms with Crippen molar-refractivity contribution in [1.29, 1.82) is 0 Å². The van der Waals surface area contributed by atoms with Gasteiger partial charge in [0, 0.05) is 38.6 Å². The minimum absolute atomic E-state index is 0.578. The molecule has 1 aliphatic heterocycles. The first-order valence-electron chi connectivity index (χ1n) is 9.83. The molecule has 0 N–H and O–H groups in total. The number of fused-ring (bicyclic) bond motifs is 2. The van der Waals surface area contributed by atoms with E-state index in [2.05, 4.69) is 33.2 Å². The van der Waals surface area contributed by atoms with Crippen molar-refractivity contribution in [2.45, 2.75) is 12.3 Å². The average molecular weight is 379 g/mol. The number of rotatable bonds is 5. The molecule has 6 heteroatoms. The van der Waals surface area contributed by atoms with Gasteiger partial charge in [0.2, 0.25) is 0 Å². The first-order valence-corrected chi connectivity index (χ1v) is 9.83. The standard InChI is InChI=1S/C22H25N3O3/c1-26-20-12-15-11-16(18(15)13-21(20)27-2)14-24-7-9-25(10-8-24)22-17-5-3-4-6-19(17)28-23-22/h3-6,12-13,16H,7-11,14H2,1-2H3/t16-/m0/s1. The average Bonchev–Trinajstić information content (AvgIpc) is 3.16. The number of methoxy groups -OCH3 is 2. The number of aromatic nitrogens is 1. The van der Waals surface area contributed by atoms with Crippen molar-refractivity contribution in [3.63, 3.8) is 0 Å². The van der Waals surface area contributed by atoms with E-state index >= 15 is 0 Å². The van der Waals surface area contributed by atoms with Crippen molar-refractivity contribution < 1.29 is 14.0 Å². The minimum Gasteiger partial charge on any atom is -0.493 e. The number of anilines is 1. The van der Waals surface area contributed by atoms with Crippen LogP contribution in [-0.4, -0.2) is 57.0 Å². The highest BCUT2D eigenvalue weighted by molar-refractivity contribution is 5.88. The van der Waals surface area contributed by atoms with Gasteiger partial charge < -0.3 is 18.9 Å². The Morgan fingerprint density at radius 2 is 1.79 bits per heavy atom. The lowest BCUT2D eigenvalue weighted by Crippen LogP contribution is -2.48. The Labute approximate surface area is 164 Å². The van der Waals surface area contributed by atoms with Crippen LogP contribution in [0.3, 0.4) is 0 Å². The maximum absolute atomic E-state index is 5.47. The first kappa shape index (κ1) is 17.4. The fourth-order valence-corrected chi connectivity index (χ4v) is 4.46. The van der Waals surface area contributed by atoms with Crippen LogP contribution in [-0.2, 0) is 6.42 Å². The highest BCUT2D eigenvalue weighted by atomic mass is 16.5. The molecule has 3 aromatic rings. The third-order valence-electron chi connectivity index (χ3n) is 6.06. The lowest BCUT2D eigenvalue weighted by Gasteiger charge is -2.39. The summed E-state index contributed by atoms with van der Waals surface area (Å²) in [4.78, 5) is 4.90. The fourth-order valence-electron chi connectivity index (χ4n) is 4.46. The SMILES string of the molecule is COc1cc2c(cc1OC)[C@H](CN1CCN(c3noc4ccccc34)CC1)C2. The van der Waals surface area contributed by atoms with Crippen molar-refractivity contribution in [1.82, 2.24) is 10.1 Å². The Morgan fingerprint density at radius 1 is 1.04 bits per heavy atom. The third-order valence-corrected chi connectivity index (χ3v) is 6.06. The second-order valence-corrected chi connectivity index (χ2v) is 7.60. The molecule has 0 spiro atoms. The largest absolute Gasteiger partial charge is 0.493 e. The van der Waals surface area contributed by atoms with Crippen LogP contribution in [0.5, 0.6) is 11.5 Å². The molecule has 1 saturated heterocycles. The molecule has 146 valence electrons. The summed E-state index contributed by atoms with van der Waals surface area (Å²) >= 11 is 0. The molecule has 6 nitrogen and oxygen atoms in total.